The number of nitrogens with two attached hydrogens (primary N) is 1. The Labute approximate surface area is 225 Å². The van der Waals surface area contributed by atoms with Crippen LogP contribution in [0.25, 0.3) is 0 Å². The molecule has 1 aliphatic heterocycles. The van der Waals surface area contributed by atoms with Gasteiger partial charge in [-0.2, -0.15) is 4.31 Å². The van der Waals surface area contributed by atoms with Crippen LogP contribution in [0.15, 0.2) is 65.1 Å². The van der Waals surface area contributed by atoms with Crippen molar-refractivity contribution in [2.75, 3.05) is 0 Å². The molecule has 0 bridgehead atoms. The Morgan fingerprint density at radius 2 is 1.65 bits per heavy atom. The Balaban J connectivity index is 2.20. The molecule has 0 aliphatic carbocycles. The third kappa shape index (κ3) is 6.33. The quantitative estimate of drug-likeness (QED) is 0.428. The van der Waals surface area contributed by atoms with E-state index in [4.69, 9.17) is 17.3 Å². The van der Waals surface area contributed by atoms with Gasteiger partial charge in [-0.1, -0.05) is 82.6 Å². The van der Waals surface area contributed by atoms with Gasteiger partial charge in [-0.3, -0.25) is 9.59 Å². The van der Waals surface area contributed by atoms with Crippen molar-refractivity contribution < 1.29 is 18.0 Å². The molecule has 0 spiro atoms. The highest BCUT2D eigenvalue weighted by Gasteiger charge is 2.49. The van der Waals surface area contributed by atoms with Gasteiger partial charge in [-0.15, -0.1) is 0 Å². The van der Waals surface area contributed by atoms with E-state index in [1.807, 2.05) is 34.6 Å². The number of carbonyl (C=O) groups is 2. The Bertz CT molecular complexity index is 1290. The highest BCUT2D eigenvalue weighted by molar-refractivity contribution is 7.89. The molecular formula is C29H37ClN2O4S. The van der Waals surface area contributed by atoms with Crippen LogP contribution in [0.4, 0.5) is 0 Å². The van der Waals surface area contributed by atoms with E-state index < -0.39 is 39.3 Å². The summed E-state index contributed by atoms with van der Waals surface area (Å²) in [6.45, 7) is 11.6. The smallest absolute Gasteiger partial charge is 0.244 e. The minimum atomic E-state index is -4.03. The predicted molar refractivity (Wildman–Crippen MR) is 147 cm³/mol. The summed E-state index contributed by atoms with van der Waals surface area (Å²) in [5.41, 5.74) is 6.73. The predicted octanol–water partition coefficient (Wildman–Crippen LogP) is 5.84. The van der Waals surface area contributed by atoms with Crippen molar-refractivity contribution in [3.63, 3.8) is 0 Å². The van der Waals surface area contributed by atoms with Crippen molar-refractivity contribution in [2.45, 2.75) is 71.4 Å². The summed E-state index contributed by atoms with van der Waals surface area (Å²) in [6.07, 6.45) is 2.18. The summed E-state index contributed by atoms with van der Waals surface area (Å²) < 4.78 is 30.0. The molecule has 6 nitrogen and oxygen atoms in total. The van der Waals surface area contributed by atoms with Crippen LogP contribution in [0.2, 0.25) is 5.02 Å². The lowest BCUT2D eigenvalue weighted by atomic mass is 9.86. The maximum absolute atomic E-state index is 14.3. The Morgan fingerprint density at radius 3 is 2.16 bits per heavy atom. The average Bonchev–Trinajstić information content (AvgIpc) is 3.21. The molecule has 2 aromatic rings. The highest BCUT2D eigenvalue weighted by Crippen LogP contribution is 2.47. The highest BCUT2D eigenvalue weighted by atomic mass is 35.5. The van der Waals surface area contributed by atoms with Crippen LogP contribution < -0.4 is 5.73 Å². The monoisotopic (exact) mass is 544 g/mol. The molecule has 2 aromatic carbocycles. The number of rotatable bonds is 9. The van der Waals surface area contributed by atoms with Crippen LogP contribution in [0.1, 0.15) is 64.6 Å². The number of amides is 1. The summed E-state index contributed by atoms with van der Waals surface area (Å²) in [7, 11) is -4.03. The molecule has 0 saturated heterocycles. The molecule has 1 aliphatic rings. The normalized spacial score (nSPS) is 19.6. The van der Waals surface area contributed by atoms with Crippen molar-refractivity contribution in [3.8, 4) is 0 Å². The zero-order valence-electron chi connectivity index (χ0n) is 22.4. The minimum absolute atomic E-state index is 0.0709. The first-order valence-corrected chi connectivity index (χ1v) is 14.3. The van der Waals surface area contributed by atoms with Crippen LogP contribution >= 0.6 is 11.6 Å². The fraction of sp³-hybridized carbons (Fsp3) is 0.448. The minimum Gasteiger partial charge on any atom is -0.369 e. The van der Waals surface area contributed by atoms with Gasteiger partial charge in [0.25, 0.3) is 0 Å². The lowest BCUT2D eigenvalue weighted by Crippen LogP contribution is -2.45. The largest absolute Gasteiger partial charge is 0.369 e. The van der Waals surface area contributed by atoms with Gasteiger partial charge in [0.2, 0.25) is 15.9 Å². The molecule has 0 saturated carbocycles. The molecule has 3 atom stereocenters. The molecule has 1 unspecified atom stereocenters. The van der Waals surface area contributed by atoms with E-state index in [0.29, 0.717) is 28.1 Å². The van der Waals surface area contributed by atoms with Crippen LogP contribution in [-0.2, 0) is 19.6 Å². The number of halogens is 1. The number of sulfonamides is 1. The number of aryl methyl sites for hydroxylation is 1. The molecule has 8 heteroatoms. The Hall–Kier alpha value is -2.48. The molecule has 1 heterocycles. The van der Waals surface area contributed by atoms with E-state index >= 15 is 0 Å². The van der Waals surface area contributed by atoms with Crippen molar-refractivity contribution in [3.05, 3.63) is 76.3 Å². The molecule has 0 radical (unpaired) electrons. The van der Waals surface area contributed by atoms with Crippen molar-refractivity contribution in [1.29, 1.82) is 0 Å². The molecule has 0 aromatic heterocycles. The fourth-order valence-corrected chi connectivity index (χ4v) is 7.21. The van der Waals surface area contributed by atoms with Gasteiger partial charge in [0.05, 0.1) is 10.9 Å². The van der Waals surface area contributed by atoms with E-state index in [2.05, 4.69) is 0 Å². The van der Waals surface area contributed by atoms with E-state index in [0.717, 1.165) is 0 Å². The second-order valence-corrected chi connectivity index (χ2v) is 13.6. The third-order valence-electron chi connectivity index (χ3n) is 6.79. The number of carbonyl (C=O) groups excluding carboxylic acids is 2. The first-order chi connectivity index (χ1) is 17.1. The van der Waals surface area contributed by atoms with E-state index in [1.54, 1.807) is 61.5 Å². The molecular weight excluding hydrogens is 508 g/mol. The third-order valence-corrected chi connectivity index (χ3v) is 9.05. The van der Waals surface area contributed by atoms with Gasteiger partial charge < -0.3 is 5.73 Å². The number of hydrogen-bond acceptors (Lipinski definition) is 4. The van der Waals surface area contributed by atoms with Crippen molar-refractivity contribution >= 4 is 33.3 Å². The summed E-state index contributed by atoms with van der Waals surface area (Å²) in [5, 5.41) is 0.505. The topological polar surface area (TPSA) is 97.5 Å². The fourth-order valence-electron chi connectivity index (χ4n) is 4.94. The number of nitrogens with zero attached hydrogens (tertiary/aromatic N) is 1. The molecule has 2 N–H and O–H groups in total. The molecule has 1 amide bonds. The lowest BCUT2D eigenvalue weighted by molar-refractivity contribution is -0.126. The maximum atomic E-state index is 14.3. The molecule has 37 heavy (non-hydrogen) atoms. The lowest BCUT2D eigenvalue weighted by Gasteiger charge is -2.37. The summed E-state index contributed by atoms with van der Waals surface area (Å²) in [5.74, 6) is -1.26. The van der Waals surface area contributed by atoms with Crippen LogP contribution in [0.3, 0.4) is 0 Å². The average molecular weight is 545 g/mol. The van der Waals surface area contributed by atoms with Gasteiger partial charge >= 0.3 is 0 Å². The van der Waals surface area contributed by atoms with Gasteiger partial charge in [-0.05, 0) is 54.0 Å². The van der Waals surface area contributed by atoms with Crippen LogP contribution in [0.5, 0.6) is 0 Å². The number of Topliss-reactive ketones (excluding diaryl/α,β-unsaturated/α-hetero) is 1. The standard InChI is InChI=1S/C29H37ClN2O4S/c1-18(2)15-21(28(31)34)16-24(33)23-17-26(29(4,5)6)32(27(23)20-11-13-22(30)14-12-20)37(35,36)25-10-8-7-9-19(25)3/h7-14,17-18,21,26-27H,15-16H2,1-6H3,(H2,31,34)/t21-,26+,27?/m1/s1. The van der Waals surface area contributed by atoms with E-state index in [-0.39, 0.29) is 23.0 Å². The zero-order valence-corrected chi connectivity index (χ0v) is 23.9. The van der Waals surface area contributed by atoms with Gasteiger partial charge in [0.1, 0.15) is 0 Å². The van der Waals surface area contributed by atoms with Gasteiger partial charge in [0, 0.05) is 29.0 Å². The van der Waals surface area contributed by atoms with Gasteiger partial charge in [0.15, 0.2) is 5.78 Å². The number of benzene rings is 2. The number of hydrogen-bond donors (Lipinski definition) is 1. The van der Waals surface area contributed by atoms with Crippen molar-refractivity contribution in [1.82, 2.24) is 4.31 Å². The molecule has 0 fully saturated rings. The Kier molecular flexibility index (Phi) is 8.72. The van der Waals surface area contributed by atoms with E-state index in [1.165, 1.54) is 4.31 Å². The number of primary amides is 1. The van der Waals surface area contributed by atoms with Gasteiger partial charge in [-0.25, -0.2) is 8.42 Å². The maximum Gasteiger partial charge on any atom is 0.244 e. The number of ketones is 1. The molecule has 200 valence electrons. The summed E-state index contributed by atoms with van der Waals surface area (Å²) in [4.78, 5) is 26.2. The molecule has 3 rings (SSSR count). The first kappa shape index (κ1) is 29.1. The van der Waals surface area contributed by atoms with Crippen molar-refractivity contribution in [2.24, 2.45) is 23.0 Å². The summed E-state index contributed by atoms with van der Waals surface area (Å²) in [6, 6.07) is 12.2. The zero-order chi connectivity index (χ0) is 27.7. The Morgan fingerprint density at radius 1 is 1.05 bits per heavy atom. The summed E-state index contributed by atoms with van der Waals surface area (Å²) >= 11 is 6.15. The second kappa shape index (κ2) is 11.1. The van der Waals surface area contributed by atoms with Crippen LogP contribution in [-0.4, -0.2) is 30.5 Å². The van der Waals surface area contributed by atoms with Crippen LogP contribution in [0, 0.1) is 24.2 Å². The first-order valence-electron chi connectivity index (χ1n) is 12.5. The van der Waals surface area contributed by atoms with E-state index in [9.17, 15) is 18.0 Å². The second-order valence-electron chi connectivity index (χ2n) is 11.3. The SMILES string of the molecule is Cc1ccccc1S(=O)(=O)N1C(c2ccc(Cl)cc2)C(C(=O)C[C@@H](CC(C)C)C(N)=O)=C[C@H]1C(C)(C)C.